The number of rotatable bonds is 8. The number of anilines is 1. The van der Waals surface area contributed by atoms with Gasteiger partial charge in [-0.2, -0.15) is 0 Å². The van der Waals surface area contributed by atoms with Gasteiger partial charge in [0.2, 0.25) is 0 Å². The van der Waals surface area contributed by atoms with E-state index in [0.717, 1.165) is 47.3 Å². The minimum Gasteiger partial charge on any atom is -0.315 e. The van der Waals surface area contributed by atoms with Gasteiger partial charge >= 0.3 is 6.03 Å². The number of carbonyl (C=O) groups excluding carboxylic acids is 1. The van der Waals surface area contributed by atoms with Gasteiger partial charge in [-0.25, -0.2) is 9.78 Å². The molecule has 0 aliphatic rings. The van der Waals surface area contributed by atoms with E-state index in [2.05, 4.69) is 18.3 Å². The Balaban J connectivity index is 1.85. The molecule has 0 aliphatic carbocycles. The van der Waals surface area contributed by atoms with Gasteiger partial charge in [-0.3, -0.25) is 9.36 Å². The molecule has 0 saturated carbocycles. The van der Waals surface area contributed by atoms with Gasteiger partial charge < -0.3 is 10.2 Å². The number of fused-ring (bicyclic) bond motifs is 1. The van der Waals surface area contributed by atoms with Crippen molar-refractivity contribution in [3.8, 4) is 5.69 Å². The van der Waals surface area contributed by atoms with Crippen LogP contribution in [0.2, 0.25) is 0 Å². The second kappa shape index (κ2) is 11.4. The zero-order chi connectivity index (χ0) is 26.5. The van der Waals surface area contributed by atoms with E-state index in [0.29, 0.717) is 23.3 Å². The Bertz CT molecular complexity index is 1470. The molecule has 6 heteroatoms. The first kappa shape index (κ1) is 26.1. The predicted octanol–water partition coefficient (Wildman–Crippen LogP) is 7.10. The SMILES string of the molecule is CCCCCN(C(=O)Nc1ccccc1C)C(C)c1nc2ccccc2c(=O)n1-c1ccc(C)cc1C. The molecule has 3 aromatic carbocycles. The molecular weight excluding hydrogens is 460 g/mol. The van der Waals surface area contributed by atoms with E-state index in [1.54, 1.807) is 9.47 Å². The number of aryl methyl sites for hydroxylation is 3. The molecule has 4 rings (SSSR count). The zero-order valence-corrected chi connectivity index (χ0v) is 22.4. The average molecular weight is 497 g/mol. The van der Waals surface area contributed by atoms with Gasteiger partial charge in [0.05, 0.1) is 22.6 Å². The van der Waals surface area contributed by atoms with Crippen molar-refractivity contribution in [3.05, 3.63) is 99.6 Å². The highest BCUT2D eigenvalue weighted by Gasteiger charge is 2.27. The molecule has 0 bridgehead atoms. The zero-order valence-electron chi connectivity index (χ0n) is 22.4. The fourth-order valence-corrected chi connectivity index (χ4v) is 4.76. The summed E-state index contributed by atoms with van der Waals surface area (Å²) < 4.78 is 1.69. The van der Waals surface area contributed by atoms with Crippen molar-refractivity contribution < 1.29 is 4.79 Å². The first-order chi connectivity index (χ1) is 17.8. The number of para-hydroxylation sites is 2. The number of nitrogens with zero attached hydrogens (tertiary/aromatic N) is 3. The number of urea groups is 1. The number of unbranched alkanes of at least 4 members (excludes halogenated alkanes) is 2. The lowest BCUT2D eigenvalue weighted by atomic mass is 10.1. The van der Waals surface area contributed by atoms with Gasteiger partial charge in [0.15, 0.2) is 0 Å². The molecule has 192 valence electrons. The Morgan fingerprint density at radius 2 is 1.70 bits per heavy atom. The second-order valence-electron chi connectivity index (χ2n) is 9.74. The van der Waals surface area contributed by atoms with Crippen molar-refractivity contribution in [2.24, 2.45) is 0 Å². The topological polar surface area (TPSA) is 67.2 Å². The van der Waals surface area contributed by atoms with Crippen LogP contribution in [-0.4, -0.2) is 27.0 Å². The quantitative estimate of drug-likeness (QED) is 0.265. The monoisotopic (exact) mass is 496 g/mol. The lowest BCUT2D eigenvalue weighted by Gasteiger charge is -2.31. The number of carbonyl (C=O) groups is 1. The maximum absolute atomic E-state index is 13.9. The van der Waals surface area contributed by atoms with Crippen molar-refractivity contribution in [3.63, 3.8) is 0 Å². The highest BCUT2D eigenvalue weighted by molar-refractivity contribution is 5.90. The molecule has 0 fully saturated rings. The molecule has 2 amide bonds. The van der Waals surface area contributed by atoms with Crippen LogP contribution in [0.3, 0.4) is 0 Å². The van der Waals surface area contributed by atoms with Crippen LogP contribution in [0.1, 0.15) is 61.7 Å². The summed E-state index contributed by atoms with van der Waals surface area (Å²) in [6.07, 6.45) is 2.92. The van der Waals surface area contributed by atoms with Crippen molar-refractivity contribution in [2.75, 3.05) is 11.9 Å². The number of hydrogen-bond donors (Lipinski definition) is 1. The number of amides is 2. The van der Waals surface area contributed by atoms with E-state index < -0.39 is 6.04 Å². The van der Waals surface area contributed by atoms with Gasteiger partial charge in [0, 0.05) is 12.2 Å². The van der Waals surface area contributed by atoms with Crippen LogP contribution in [0.5, 0.6) is 0 Å². The van der Waals surface area contributed by atoms with Crippen molar-refractivity contribution >= 4 is 22.6 Å². The minimum absolute atomic E-state index is 0.132. The lowest BCUT2D eigenvalue weighted by molar-refractivity contribution is 0.187. The summed E-state index contributed by atoms with van der Waals surface area (Å²) in [6.45, 7) is 10.7. The number of hydrogen-bond acceptors (Lipinski definition) is 3. The third-order valence-corrected chi connectivity index (χ3v) is 6.89. The van der Waals surface area contributed by atoms with Crippen molar-refractivity contribution in [1.82, 2.24) is 14.5 Å². The van der Waals surface area contributed by atoms with Crippen LogP contribution in [0.15, 0.2) is 71.5 Å². The van der Waals surface area contributed by atoms with Crippen LogP contribution in [0, 0.1) is 20.8 Å². The first-order valence-corrected chi connectivity index (χ1v) is 13.0. The molecule has 1 aromatic heterocycles. The van der Waals surface area contributed by atoms with Gasteiger partial charge in [-0.1, -0.05) is 67.8 Å². The summed E-state index contributed by atoms with van der Waals surface area (Å²) in [6, 6.07) is 20.5. The standard InChI is InChI=1S/C31H36N4O2/c1-6-7-12-19-34(31(37)33-26-15-10-8-13-22(26)3)24(5)29-32-27-16-11-9-14-25(27)30(36)35(29)28-18-17-21(2)20-23(28)4/h8-11,13-18,20,24H,6-7,12,19H2,1-5H3,(H,33,37). The number of aromatic nitrogens is 2. The van der Waals surface area contributed by atoms with Crippen LogP contribution < -0.4 is 10.9 Å². The van der Waals surface area contributed by atoms with E-state index >= 15 is 0 Å². The Kier molecular flexibility index (Phi) is 8.07. The molecule has 1 heterocycles. The number of benzene rings is 3. The van der Waals surface area contributed by atoms with E-state index in [1.807, 2.05) is 88.4 Å². The maximum atomic E-state index is 13.9. The second-order valence-corrected chi connectivity index (χ2v) is 9.74. The summed E-state index contributed by atoms with van der Waals surface area (Å²) in [5.74, 6) is 0.548. The predicted molar refractivity (Wildman–Crippen MR) is 152 cm³/mol. The molecule has 37 heavy (non-hydrogen) atoms. The lowest BCUT2D eigenvalue weighted by Crippen LogP contribution is -2.40. The third kappa shape index (κ3) is 5.58. The molecule has 0 spiro atoms. The third-order valence-electron chi connectivity index (χ3n) is 6.89. The average Bonchev–Trinajstić information content (AvgIpc) is 2.88. The summed E-state index contributed by atoms with van der Waals surface area (Å²) in [7, 11) is 0. The van der Waals surface area contributed by atoms with Gasteiger partial charge in [0.1, 0.15) is 5.82 Å². The summed E-state index contributed by atoms with van der Waals surface area (Å²) in [5, 5.41) is 3.65. The molecule has 0 radical (unpaired) electrons. The number of nitrogens with one attached hydrogen (secondary N) is 1. The summed E-state index contributed by atoms with van der Waals surface area (Å²) in [4.78, 5) is 34.3. The Hall–Kier alpha value is -3.93. The Morgan fingerprint density at radius 1 is 0.973 bits per heavy atom. The normalized spacial score (nSPS) is 11.9. The van der Waals surface area contributed by atoms with E-state index in [9.17, 15) is 9.59 Å². The minimum atomic E-state index is -0.445. The molecule has 0 saturated heterocycles. The highest BCUT2D eigenvalue weighted by atomic mass is 16.2. The van der Waals surface area contributed by atoms with Crippen LogP contribution in [0.4, 0.5) is 10.5 Å². The summed E-state index contributed by atoms with van der Waals surface area (Å²) >= 11 is 0. The molecule has 1 unspecified atom stereocenters. The van der Waals surface area contributed by atoms with Gasteiger partial charge in [-0.15, -0.1) is 0 Å². The van der Waals surface area contributed by atoms with Crippen LogP contribution in [-0.2, 0) is 0 Å². The molecule has 4 aromatic rings. The van der Waals surface area contributed by atoms with Crippen LogP contribution >= 0.6 is 0 Å². The largest absolute Gasteiger partial charge is 0.322 e. The Morgan fingerprint density at radius 3 is 2.43 bits per heavy atom. The fraction of sp³-hybridized carbons (Fsp3) is 0.323. The maximum Gasteiger partial charge on any atom is 0.322 e. The van der Waals surface area contributed by atoms with E-state index in [4.69, 9.17) is 4.98 Å². The van der Waals surface area contributed by atoms with Crippen LogP contribution in [0.25, 0.3) is 16.6 Å². The fourth-order valence-electron chi connectivity index (χ4n) is 4.76. The van der Waals surface area contributed by atoms with Gasteiger partial charge in [-0.05, 0) is 69.5 Å². The van der Waals surface area contributed by atoms with Gasteiger partial charge in [0.25, 0.3) is 5.56 Å². The van der Waals surface area contributed by atoms with E-state index in [1.165, 1.54) is 0 Å². The first-order valence-electron chi connectivity index (χ1n) is 13.0. The molecular formula is C31H36N4O2. The molecule has 6 nitrogen and oxygen atoms in total. The summed E-state index contributed by atoms with van der Waals surface area (Å²) in [5.41, 5.74) is 5.15. The molecule has 0 aliphatic heterocycles. The molecule has 1 N–H and O–H groups in total. The smallest absolute Gasteiger partial charge is 0.315 e. The Labute approximate surface area is 219 Å². The molecule has 1 atom stereocenters. The highest BCUT2D eigenvalue weighted by Crippen LogP contribution is 2.26. The van der Waals surface area contributed by atoms with E-state index in [-0.39, 0.29) is 11.6 Å². The van der Waals surface area contributed by atoms with Crippen molar-refractivity contribution in [1.29, 1.82) is 0 Å². The van der Waals surface area contributed by atoms with Crippen molar-refractivity contribution in [2.45, 2.75) is 59.9 Å².